The van der Waals surface area contributed by atoms with Crippen LogP contribution in [0.5, 0.6) is 0 Å². The van der Waals surface area contributed by atoms with E-state index in [2.05, 4.69) is 23.7 Å². The van der Waals surface area contributed by atoms with Crippen molar-refractivity contribution in [3.8, 4) is 23.7 Å². The second-order valence-electron chi connectivity index (χ2n) is 5.51. The first-order chi connectivity index (χ1) is 11.6. The molecule has 0 heterocycles. The van der Waals surface area contributed by atoms with E-state index in [-0.39, 0.29) is 13.2 Å². The second kappa shape index (κ2) is 8.75. The van der Waals surface area contributed by atoms with Gasteiger partial charge in [-0.3, -0.25) is 0 Å². The van der Waals surface area contributed by atoms with Crippen LogP contribution in [0.4, 0.5) is 0 Å². The summed E-state index contributed by atoms with van der Waals surface area (Å²) in [6, 6.07) is 15.6. The average Bonchev–Trinajstić information content (AvgIpc) is 2.60. The number of aryl methyl sites for hydroxylation is 2. The van der Waals surface area contributed by atoms with E-state index in [0.29, 0.717) is 11.1 Å². The van der Waals surface area contributed by atoms with E-state index in [9.17, 15) is 10.2 Å². The van der Waals surface area contributed by atoms with Crippen molar-refractivity contribution in [2.24, 2.45) is 0 Å². The number of hydrogen-bond acceptors (Lipinski definition) is 2. The number of hydrogen-bond donors (Lipinski definition) is 2. The predicted molar refractivity (Wildman–Crippen MR) is 97.3 cm³/mol. The molecule has 0 atom stereocenters. The smallest absolute Gasteiger partial charge is 0.0770 e. The summed E-state index contributed by atoms with van der Waals surface area (Å²) < 4.78 is 0. The van der Waals surface area contributed by atoms with Gasteiger partial charge >= 0.3 is 0 Å². The molecule has 0 aliphatic heterocycles. The lowest BCUT2D eigenvalue weighted by Gasteiger charge is -1.99. The SMILES string of the molecule is Cc1ccc(C#C/C(CO)=C(/C#Cc2ccc(C)cc2)CO)cc1. The Labute approximate surface area is 143 Å². The standard InChI is InChI=1S/C22H20O2/c1-17-3-7-19(8-4-17)11-13-21(15-23)22(16-24)14-12-20-9-5-18(2)6-10-20/h3-10,23-24H,15-16H2,1-2H3/b22-21+. The van der Waals surface area contributed by atoms with Gasteiger partial charge in [-0.05, 0) is 38.1 Å². The Morgan fingerprint density at radius 3 is 1.29 bits per heavy atom. The molecule has 0 aliphatic rings. The van der Waals surface area contributed by atoms with Gasteiger partial charge < -0.3 is 10.2 Å². The van der Waals surface area contributed by atoms with Crippen LogP contribution in [0.1, 0.15) is 22.3 Å². The summed E-state index contributed by atoms with van der Waals surface area (Å²) in [5, 5.41) is 19.1. The van der Waals surface area contributed by atoms with Gasteiger partial charge in [0.2, 0.25) is 0 Å². The number of aliphatic hydroxyl groups is 2. The van der Waals surface area contributed by atoms with Crippen LogP contribution in [-0.4, -0.2) is 23.4 Å². The molecule has 0 radical (unpaired) electrons. The van der Waals surface area contributed by atoms with Gasteiger partial charge in [-0.2, -0.15) is 0 Å². The van der Waals surface area contributed by atoms with E-state index in [1.165, 1.54) is 11.1 Å². The van der Waals surface area contributed by atoms with Gasteiger partial charge in [-0.25, -0.2) is 0 Å². The molecule has 0 saturated heterocycles. The highest BCUT2D eigenvalue weighted by Crippen LogP contribution is 2.06. The zero-order chi connectivity index (χ0) is 17.4. The molecule has 0 fully saturated rings. The molecule has 2 N–H and O–H groups in total. The van der Waals surface area contributed by atoms with Crippen molar-refractivity contribution in [2.45, 2.75) is 13.8 Å². The summed E-state index contributed by atoms with van der Waals surface area (Å²) in [5.74, 6) is 11.8. The lowest BCUT2D eigenvalue weighted by Crippen LogP contribution is -1.98. The third kappa shape index (κ3) is 5.14. The van der Waals surface area contributed by atoms with Gasteiger partial charge in [0.15, 0.2) is 0 Å². The zero-order valence-electron chi connectivity index (χ0n) is 13.9. The Balaban J connectivity index is 2.30. The summed E-state index contributed by atoms with van der Waals surface area (Å²) in [4.78, 5) is 0. The summed E-state index contributed by atoms with van der Waals surface area (Å²) in [5.41, 5.74) is 4.93. The van der Waals surface area contributed by atoms with E-state index in [0.717, 1.165) is 11.1 Å². The molecule has 0 spiro atoms. The molecule has 2 rings (SSSR count). The van der Waals surface area contributed by atoms with Crippen molar-refractivity contribution in [1.82, 2.24) is 0 Å². The van der Waals surface area contributed by atoms with Crippen LogP contribution in [-0.2, 0) is 0 Å². The molecule has 2 nitrogen and oxygen atoms in total. The average molecular weight is 316 g/mol. The Morgan fingerprint density at radius 2 is 1.00 bits per heavy atom. The van der Waals surface area contributed by atoms with Crippen molar-refractivity contribution >= 4 is 0 Å². The molecule has 0 saturated carbocycles. The molecule has 0 aromatic heterocycles. The van der Waals surface area contributed by atoms with Crippen LogP contribution in [0, 0.1) is 37.5 Å². The molecule has 120 valence electrons. The third-order valence-corrected chi connectivity index (χ3v) is 3.50. The van der Waals surface area contributed by atoms with E-state index < -0.39 is 0 Å². The monoisotopic (exact) mass is 316 g/mol. The lowest BCUT2D eigenvalue weighted by atomic mass is 10.1. The van der Waals surface area contributed by atoms with E-state index in [1.807, 2.05) is 62.4 Å². The molecule has 0 unspecified atom stereocenters. The van der Waals surface area contributed by atoms with Gasteiger partial charge in [-0.15, -0.1) is 0 Å². The molecule has 24 heavy (non-hydrogen) atoms. The Hall–Kier alpha value is -2.78. The maximum atomic E-state index is 9.54. The minimum Gasteiger partial charge on any atom is -0.391 e. The molecule has 0 aliphatic carbocycles. The summed E-state index contributed by atoms with van der Waals surface area (Å²) in [6.45, 7) is 3.52. The first-order valence-corrected chi connectivity index (χ1v) is 7.73. The minimum atomic E-state index is -0.253. The molecule has 2 aromatic rings. The molecule has 0 bridgehead atoms. The van der Waals surface area contributed by atoms with Crippen molar-refractivity contribution in [1.29, 1.82) is 0 Å². The fourth-order valence-corrected chi connectivity index (χ4v) is 1.99. The fourth-order valence-electron chi connectivity index (χ4n) is 1.99. The van der Waals surface area contributed by atoms with Crippen molar-refractivity contribution in [3.05, 3.63) is 81.9 Å². The normalized spacial score (nSPS) is 10.8. The van der Waals surface area contributed by atoms with Gasteiger partial charge in [0, 0.05) is 22.3 Å². The Morgan fingerprint density at radius 1 is 0.667 bits per heavy atom. The highest BCUT2D eigenvalue weighted by molar-refractivity contribution is 5.50. The third-order valence-electron chi connectivity index (χ3n) is 3.50. The van der Waals surface area contributed by atoms with Crippen LogP contribution in [0.25, 0.3) is 0 Å². The van der Waals surface area contributed by atoms with Crippen LogP contribution in [0.2, 0.25) is 0 Å². The summed E-state index contributed by atoms with van der Waals surface area (Å²) in [6.07, 6.45) is 0. The lowest BCUT2D eigenvalue weighted by molar-refractivity contribution is 0.319. The molecule has 0 amide bonds. The number of benzene rings is 2. The van der Waals surface area contributed by atoms with E-state index >= 15 is 0 Å². The highest BCUT2D eigenvalue weighted by atomic mass is 16.3. The Kier molecular flexibility index (Phi) is 6.41. The maximum Gasteiger partial charge on any atom is 0.0770 e. The van der Waals surface area contributed by atoms with Gasteiger partial charge in [-0.1, -0.05) is 59.1 Å². The van der Waals surface area contributed by atoms with Crippen LogP contribution < -0.4 is 0 Å². The first kappa shape index (κ1) is 17.6. The largest absolute Gasteiger partial charge is 0.391 e. The Bertz CT molecular complexity index is 760. The van der Waals surface area contributed by atoms with Gasteiger partial charge in [0.25, 0.3) is 0 Å². The topological polar surface area (TPSA) is 40.5 Å². The number of aliphatic hydroxyl groups excluding tert-OH is 2. The zero-order valence-corrected chi connectivity index (χ0v) is 13.9. The molecular formula is C22H20O2. The van der Waals surface area contributed by atoms with Gasteiger partial charge in [0.1, 0.15) is 0 Å². The van der Waals surface area contributed by atoms with Gasteiger partial charge in [0.05, 0.1) is 13.2 Å². The highest BCUT2D eigenvalue weighted by Gasteiger charge is 2.00. The maximum absolute atomic E-state index is 9.54. The van der Waals surface area contributed by atoms with Crippen molar-refractivity contribution < 1.29 is 10.2 Å². The van der Waals surface area contributed by atoms with Crippen LogP contribution in [0.3, 0.4) is 0 Å². The van der Waals surface area contributed by atoms with E-state index in [4.69, 9.17) is 0 Å². The minimum absolute atomic E-state index is 0.253. The predicted octanol–water partition coefficient (Wildman–Crippen LogP) is 2.99. The quantitative estimate of drug-likeness (QED) is 0.836. The van der Waals surface area contributed by atoms with Crippen LogP contribution in [0.15, 0.2) is 59.7 Å². The van der Waals surface area contributed by atoms with Crippen molar-refractivity contribution in [2.75, 3.05) is 13.2 Å². The molecule has 2 heteroatoms. The second-order valence-corrected chi connectivity index (χ2v) is 5.51. The fraction of sp³-hybridized carbons (Fsp3) is 0.182. The summed E-state index contributed by atoms with van der Waals surface area (Å²) >= 11 is 0. The number of rotatable bonds is 2. The first-order valence-electron chi connectivity index (χ1n) is 7.73. The molecular weight excluding hydrogens is 296 g/mol. The molecule has 2 aromatic carbocycles. The van der Waals surface area contributed by atoms with Crippen LogP contribution >= 0.6 is 0 Å². The summed E-state index contributed by atoms with van der Waals surface area (Å²) in [7, 11) is 0. The van der Waals surface area contributed by atoms with E-state index in [1.54, 1.807) is 0 Å². The van der Waals surface area contributed by atoms with Crippen molar-refractivity contribution in [3.63, 3.8) is 0 Å².